The summed E-state index contributed by atoms with van der Waals surface area (Å²) in [7, 11) is 1.30. The molecule has 0 aliphatic heterocycles. The van der Waals surface area contributed by atoms with E-state index < -0.39 is 11.7 Å². The molecule has 1 N–H and O–H groups in total. The average Bonchev–Trinajstić information content (AvgIpc) is 2.10. The molecule has 0 heterocycles. The van der Waals surface area contributed by atoms with Gasteiger partial charge in [0.25, 0.3) is 5.91 Å². The van der Waals surface area contributed by atoms with Gasteiger partial charge in [-0.25, -0.2) is 9.87 Å². The van der Waals surface area contributed by atoms with E-state index in [2.05, 4.69) is 10.3 Å². The molecule has 0 aliphatic carbocycles. The highest BCUT2D eigenvalue weighted by Gasteiger charge is 2.07. The summed E-state index contributed by atoms with van der Waals surface area (Å²) in [4.78, 5) is 15.4. The second-order valence-electron chi connectivity index (χ2n) is 2.26. The van der Waals surface area contributed by atoms with Gasteiger partial charge in [-0.3, -0.25) is 9.63 Å². The minimum atomic E-state index is -0.634. The summed E-state index contributed by atoms with van der Waals surface area (Å²) in [5, 5.41) is -0.0195. The van der Waals surface area contributed by atoms with E-state index in [4.69, 9.17) is 11.6 Å². The molecule has 0 atom stereocenters. The van der Waals surface area contributed by atoms with Crippen LogP contribution in [0.1, 0.15) is 10.4 Å². The molecule has 0 saturated heterocycles. The van der Waals surface area contributed by atoms with Crippen molar-refractivity contribution in [1.82, 2.24) is 5.48 Å². The van der Waals surface area contributed by atoms with E-state index in [1.165, 1.54) is 19.2 Å². The molecule has 0 fully saturated rings. The Labute approximate surface area is 79.4 Å². The van der Waals surface area contributed by atoms with Crippen molar-refractivity contribution >= 4 is 17.5 Å². The molecule has 0 bridgehead atoms. The summed E-state index contributed by atoms with van der Waals surface area (Å²) >= 11 is 5.42. The van der Waals surface area contributed by atoms with E-state index in [0.29, 0.717) is 0 Å². The monoisotopic (exact) mass is 203 g/mol. The van der Waals surface area contributed by atoms with Gasteiger partial charge in [0.05, 0.1) is 12.1 Å². The Bertz CT molecular complexity index is 330. The molecule has 3 nitrogen and oxygen atoms in total. The van der Waals surface area contributed by atoms with E-state index in [1.54, 1.807) is 0 Å². The lowest BCUT2D eigenvalue weighted by Crippen LogP contribution is -2.21. The highest BCUT2D eigenvalue weighted by molar-refractivity contribution is 6.30. The molecule has 1 amide bonds. The van der Waals surface area contributed by atoms with Crippen molar-refractivity contribution in [3.05, 3.63) is 34.6 Å². The van der Waals surface area contributed by atoms with Crippen molar-refractivity contribution in [2.45, 2.75) is 0 Å². The zero-order valence-electron chi connectivity index (χ0n) is 6.80. The van der Waals surface area contributed by atoms with E-state index in [9.17, 15) is 9.18 Å². The minimum Gasteiger partial charge on any atom is -0.277 e. The maximum atomic E-state index is 12.8. The molecule has 0 radical (unpaired) electrons. The van der Waals surface area contributed by atoms with Crippen molar-refractivity contribution in [1.29, 1.82) is 0 Å². The number of halogens is 2. The van der Waals surface area contributed by atoms with Gasteiger partial charge in [0.2, 0.25) is 0 Å². The molecule has 70 valence electrons. The van der Waals surface area contributed by atoms with E-state index >= 15 is 0 Å². The zero-order chi connectivity index (χ0) is 9.84. The fourth-order valence-electron chi connectivity index (χ4n) is 0.789. The molecule has 1 aromatic rings. The third-order valence-corrected chi connectivity index (χ3v) is 1.68. The summed E-state index contributed by atoms with van der Waals surface area (Å²) in [5.74, 6) is -1.15. The molecular formula is C8H7ClFNO2. The number of rotatable bonds is 2. The van der Waals surface area contributed by atoms with Crippen molar-refractivity contribution in [3.63, 3.8) is 0 Å². The predicted molar refractivity (Wildman–Crippen MR) is 45.9 cm³/mol. The summed E-state index contributed by atoms with van der Waals surface area (Å²) in [6.07, 6.45) is 0. The van der Waals surface area contributed by atoms with Crippen LogP contribution in [0.3, 0.4) is 0 Å². The van der Waals surface area contributed by atoms with Crippen LogP contribution in [-0.2, 0) is 4.84 Å². The second-order valence-corrected chi connectivity index (χ2v) is 2.67. The number of amides is 1. The topological polar surface area (TPSA) is 38.3 Å². The van der Waals surface area contributed by atoms with Crippen molar-refractivity contribution < 1.29 is 14.0 Å². The lowest BCUT2D eigenvalue weighted by atomic mass is 10.2. The minimum absolute atomic E-state index is 0.0195. The van der Waals surface area contributed by atoms with Crippen LogP contribution >= 0.6 is 11.6 Å². The smallest absolute Gasteiger partial charge is 0.274 e. The molecule has 0 spiro atoms. The standard InChI is InChI=1S/C8H7ClFNO2/c1-13-11-8(12)5-2-3-6(9)7(10)4-5/h2-4H,1H3,(H,11,12). The average molecular weight is 204 g/mol. The Morgan fingerprint density at radius 1 is 1.62 bits per heavy atom. The number of hydrogen-bond donors (Lipinski definition) is 1. The largest absolute Gasteiger partial charge is 0.277 e. The highest BCUT2D eigenvalue weighted by atomic mass is 35.5. The molecule has 0 aliphatic rings. The van der Waals surface area contributed by atoms with Gasteiger partial charge in [0, 0.05) is 5.56 Å². The number of carbonyl (C=O) groups excluding carboxylic acids is 1. The van der Waals surface area contributed by atoms with Crippen LogP contribution in [0, 0.1) is 5.82 Å². The van der Waals surface area contributed by atoms with E-state index in [0.717, 1.165) is 6.07 Å². The van der Waals surface area contributed by atoms with Crippen LogP contribution in [0.2, 0.25) is 5.02 Å². The fourth-order valence-corrected chi connectivity index (χ4v) is 0.907. The van der Waals surface area contributed by atoms with Gasteiger partial charge in [-0.15, -0.1) is 0 Å². The van der Waals surface area contributed by atoms with Gasteiger partial charge in [-0.2, -0.15) is 0 Å². The molecule has 1 rings (SSSR count). The van der Waals surface area contributed by atoms with E-state index in [-0.39, 0.29) is 10.6 Å². The number of hydroxylamine groups is 1. The maximum Gasteiger partial charge on any atom is 0.274 e. The Morgan fingerprint density at radius 3 is 2.85 bits per heavy atom. The van der Waals surface area contributed by atoms with Crippen LogP contribution in [0.5, 0.6) is 0 Å². The summed E-state index contributed by atoms with van der Waals surface area (Å²) in [6, 6.07) is 3.75. The zero-order valence-corrected chi connectivity index (χ0v) is 7.56. The fraction of sp³-hybridized carbons (Fsp3) is 0.125. The number of nitrogens with one attached hydrogen (secondary N) is 1. The van der Waals surface area contributed by atoms with Crippen LogP contribution in [0.25, 0.3) is 0 Å². The highest BCUT2D eigenvalue weighted by Crippen LogP contribution is 2.15. The molecule has 0 aromatic heterocycles. The van der Waals surface area contributed by atoms with Gasteiger partial charge >= 0.3 is 0 Å². The van der Waals surface area contributed by atoms with Crippen molar-refractivity contribution in [3.8, 4) is 0 Å². The van der Waals surface area contributed by atoms with Crippen molar-refractivity contribution in [2.75, 3.05) is 7.11 Å². The lowest BCUT2D eigenvalue weighted by Gasteiger charge is -2.01. The number of hydrogen-bond acceptors (Lipinski definition) is 2. The first kappa shape index (κ1) is 9.95. The molecular weight excluding hydrogens is 197 g/mol. The SMILES string of the molecule is CONC(=O)c1ccc(Cl)c(F)c1. The number of benzene rings is 1. The Balaban J connectivity index is 2.90. The Kier molecular flexibility index (Phi) is 3.22. The number of carbonyl (C=O) groups is 1. The summed E-state index contributed by atoms with van der Waals surface area (Å²) in [5.41, 5.74) is 2.22. The van der Waals surface area contributed by atoms with Crippen LogP contribution in [0.4, 0.5) is 4.39 Å². The molecule has 13 heavy (non-hydrogen) atoms. The van der Waals surface area contributed by atoms with Crippen molar-refractivity contribution in [2.24, 2.45) is 0 Å². The van der Waals surface area contributed by atoms with E-state index in [1.807, 2.05) is 0 Å². The van der Waals surface area contributed by atoms with Gasteiger partial charge in [-0.05, 0) is 18.2 Å². The lowest BCUT2D eigenvalue weighted by molar-refractivity contribution is 0.0537. The Morgan fingerprint density at radius 2 is 2.31 bits per heavy atom. The normalized spacial score (nSPS) is 9.77. The van der Waals surface area contributed by atoms with Gasteiger partial charge < -0.3 is 0 Å². The second kappa shape index (κ2) is 4.20. The van der Waals surface area contributed by atoms with Crippen LogP contribution in [-0.4, -0.2) is 13.0 Å². The summed E-state index contributed by atoms with van der Waals surface area (Å²) < 4.78 is 12.8. The molecule has 0 unspecified atom stereocenters. The first-order chi connectivity index (χ1) is 6.15. The third-order valence-electron chi connectivity index (χ3n) is 1.38. The third kappa shape index (κ3) is 2.40. The maximum absolute atomic E-state index is 12.8. The van der Waals surface area contributed by atoms with Crippen LogP contribution in [0.15, 0.2) is 18.2 Å². The quantitative estimate of drug-likeness (QED) is 0.744. The molecule has 1 aromatic carbocycles. The first-order valence-corrected chi connectivity index (χ1v) is 3.81. The summed E-state index contributed by atoms with van der Waals surface area (Å²) in [6.45, 7) is 0. The first-order valence-electron chi connectivity index (χ1n) is 3.43. The molecule has 5 heteroatoms. The predicted octanol–water partition coefficient (Wildman–Crippen LogP) is 1.77. The van der Waals surface area contributed by atoms with Gasteiger partial charge in [-0.1, -0.05) is 11.6 Å². The molecule has 0 saturated carbocycles. The van der Waals surface area contributed by atoms with Crippen LogP contribution < -0.4 is 5.48 Å². The van der Waals surface area contributed by atoms with Gasteiger partial charge in [0.1, 0.15) is 5.82 Å². The van der Waals surface area contributed by atoms with Gasteiger partial charge in [0.15, 0.2) is 0 Å². The Hall–Kier alpha value is -1.13.